The van der Waals surface area contributed by atoms with E-state index in [2.05, 4.69) is 17.1 Å². The second kappa shape index (κ2) is 4.03. The Hall–Kier alpha value is -2.13. The fourth-order valence-electron chi connectivity index (χ4n) is 1.98. The maximum absolute atomic E-state index is 5.72. The van der Waals surface area contributed by atoms with Crippen molar-refractivity contribution in [3.05, 3.63) is 60.4 Å². The number of nitrogens with two attached hydrogens (primary N) is 1. The van der Waals surface area contributed by atoms with Gasteiger partial charge in [-0.1, -0.05) is 36.4 Å². The molecule has 0 bridgehead atoms. The van der Waals surface area contributed by atoms with Gasteiger partial charge in [0.15, 0.2) is 0 Å². The molecule has 0 atom stereocenters. The highest BCUT2D eigenvalue weighted by molar-refractivity contribution is 5.62. The monoisotopic (exact) mass is 223 g/mol. The van der Waals surface area contributed by atoms with Crippen LogP contribution in [0.3, 0.4) is 0 Å². The summed E-state index contributed by atoms with van der Waals surface area (Å²) in [6, 6.07) is 16.2. The minimum absolute atomic E-state index is 0.516. The highest BCUT2D eigenvalue weighted by atomic mass is 15.0. The summed E-state index contributed by atoms with van der Waals surface area (Å²) in [6.07, 6.45) is 2.03. The molecule has 3 aromatic rings. The fourth-order valence-corrected chi connectivity index (χ4v) is 1.98. The molecule has 3 rings (SSSR count). The maximum atomic E-state index is 5.72. The molecule has 0 saturated heterocycles. The van der Waals surface area contributed by atoms with Gasteiger partial charge in [-0.05, 0) is 12.1 Å². The molecule has 0 amide bonds. The standard InChI is InChI=1S/C14H13N3/c15-9-12-7-4-8-14-16-13(10-17(12)14)11-5-2-1-3-6-11/h1-8,10H,9,15H2. The quantitative estimate of drug-likeness (QED) is 0.725. The number of hydrogen-bond acceptors (Lipinski definition) is 2. The molecule has 2 N–H and O–H groups in total. The Balaban J connectivity index is 2.20. The van der Waals surface area contributed by atoms with Crippen LogP contribution in [0.2, 0.25) is 0 Å². The van der Waals surface area contributed by atoms with E-state index in [4.69, 9.17) is 5.73 Å². The number of fused-ring (bicyclic) bond motifs is 1. The van der Waals surface area contributed by atoms with Crippen LogP contribution in [0, 0.1) is 0 Å². The molecule has 0 aliphatic rings. The van der Waals surface area contributed by atoms with Crippen molar-refractivity contribution in [3.8, 4) is 11.3 Å². The van der Waals surface area contributed by atoms with E-state index in [-0.39, 0.29) is 0 Å². The zero-order chi connectivity index (χ0) is 11.7. The number of hydrogen-bond donors (Lipinski definition) is 1. The highest BCUT2D eigenvalue weighted by Crippen LogP contribution is 2.19. The average molecular weight is 223 g/mol. The number of nitrogens with zero attached hydrogens (tertiary/aromatic N) is 2. The number of benzene rings is 1. The molecule has 0 saturated carbocycles. The second-order valence-corrected chi connectivity index (χ2v) is 3.94. The van der Waals surface area contributed by atoms with Gasteiger partial charge in [-0.3, -0.25) is 0 Å². The van der Waals surface area contributed by atoms with Gasteiger partial charge < -0.3 is 10.1 Å². The normalized spacial score (nSPS) is 10.9. The molecule has 0 aliphatic carbocycles. The molecular formula is C14H13N3. The summed E-state index contributed by atoms with van der Waals surface area (Å²) in [5.41, 5.74) is 9.82. The van der Waals surface area contributed by atoms with Gasteiger partial charge >= 0.3 is 0 Å². The van der Waals surface area contributed by atoms with E-state index < -0.39 is 0 Å². The van der Waals surface area contributed by atoms with Gasteiger partial charge in [-0.15, -0.1) is 0 Å². The molecule has 1 aromatic carbocycles. The molecule has 0 fully saturated rings. The zero-order valence-corrected chi connectivity index (χ0v) is 9.38. The predicted molar refractivity (Wildman–Crippen MR) is 68.5 cm³/mol. The molecule has 0 radical (unpaired) electrons. The SMILES string of the molecule is NCc1cccc2nc(-c3ccccc3)cn12. The molecule has 0 unspecified atom stereocenters. The molecule has 84 valence electrons. The topological polar surface area (TPSA) is 43.3 Å². The van der Waals surface area contributed by atoms with Gasteiger partial charge in [0, 0.05) is 24.0 Å². The minimum Gasteiger partial charge on any atom is -0.325 e. The Morgan fingerprint density at radius 3 is 2.59 bits per heavy atom. The summed E-state index contributed by atoms with van der Waals surface area (Å²) in [7, 11) is 0. The van der Waals surface area contributed by atoms with Crippen LogP contribution < -0.4 is 5.73 Å². The van der Waals surface area contributed by atoms with Crippen molar-refractivity contribution >= 4 is 5.65 Å². The van der Waals surface area contributed by atoms with Crippen LogP contribution in [-0.2, 0) is 6.54 Å². The Morgan fingerprint density at radius 2 is 1.82 bits per heavy atom. The van der Waals surface area contributed by atoms with Crippen molar-refractivity contribution in [2.45, 2.75) is 6.54 Å². The lowest BCUT2D eigenvalue weighted by Gasteiger charge is -2.00. The third-order valence-electron chi connectivity index (χ3n) is 2.86. The molecule has 2 aromatic heterocycles. The van der Waals surface area contributed by atoms with Gasteiger partial charge in [0.2, 0.25) is 0 Å². The smallest absolute Gasteiger partial charge is 0.137 e. The van der Waals surface area contributed by atoms with Crippen LogP contribution in [0.4, 0.5) is 0 Å². The Bertz CT molecular complexity index is 641. The van der Waals surface area contributed by atoms with E-state index in [1.165, 1.54) is 0 Å². The molecule has 3 nitrogen and oxygen atoms in total. The van der Waals surface area contributed by atoms with Crippen LogP contribution in [-0.4, -0.2) is 9.38 Å². The van der Waals surface area contributed by atoms with E-state index in [9.17, 15) is 0 Å². The molecule has 0 aliphatic heterocycles. The summed E-state index contributed by atoms with van der Waals surface area (Å²) >= 11 is 0. The van der Waals surface area contributed by atoms with Crippen molar-refractivity contribution in [2.24, 2.45) is 5.73 Å². The van der Waals surface area contributed by atoms with Crippen molar-refractivity contribution in [2.75, 3.05) is 0 Å². The van der Waals surface area contributed by atoms with Gasteiger partial charge in [0.25, 0.3) is 0 Å². The summed E-state index contributed by atoms with van der Waals surface area (Å²) in [6.45, 7) is 0.516. The maximum Gasteiger partial charge on any atom is 0.137 e. The first kappa shape index (κ1) is 10.1. The van der Waals surface area contributed by atoms with Crippen LogP contribution in [0.1, 0.15) is 5.69 Å². The van der Waals surface area contributed by atoms with E-state index in [0.717, 1.165) is 22.6 Å². The first-order valence-electron chi connectivity index (χ1n) is 5.61. The minimum atomic E-state index is 0.516. The molecule has 17 heavy (non-hydrogen) atoms. The van der Waals surface area contributed by atoms with Crippen molar-refractivity contribution in [1.82, 2.24) is 9.38 Å². The number of rotatable bonds is 2. The van der Waals surface area contributed by atoms with Crippen LogP contribution >= 0.6 is 0 Å². The largest absolute Gasteiger partial charge is 0.325 e. The van der Waals surface area contributed by atoms with Crippen LogP contribution in [0.5, 0.6) is 0 Å². The summed E-state index contributed by atoms with van der Waals surface area (Å²) in [5, 5.41) is 0. The number of imidazole rings is 1. The summed E-state index contributed by atoms with van der Waals surface area (Å²) in [5.74, 6) is 0. The first-order chi connectivity index (χ1) is 8.38. The van der Waals surface area contributed by atoms with E-state index in [1.54, 1.807) is 0 Å². The third kappa shape index (κ3) is 1.70. The average Bonchev–Trinajstić information content (AvgIpc) is 2.83. The van der Waals surface area contributed by atoms with Crippen LogP contribution in [0.15, 0.2) is 54.7 Å². The Morgan fingerprint density at radius 1 is 1.00 bits per heavy atom. The number of aromatic nitrogens is 2. The Labute approximate surface area is 99.5 Å². The summed E-state index contributed by atoms with van der Waals surface area (Å²) < 4.78 is 2.04. The molecule has 3 heteroatoms. The van der Waals surface area contributed by atoms with Gasteiger partial charge in [0.05, 0.1) is 5.69 Å². The van der Waals surface area contributed by atoms with Crippen molar-refractivity contribution in [1.29, 1.82) is 0 Å². The molecule has 2 heterocycles. The lowest BCUT2D eigenvalue weighted by Crippen LogP contribution is -2.02. The zero-order valence-electron chi connectivity index (χ0n) is 9.38. The fraction of sp³-hybridized carbons (Fsp3) is 0.0714. The molecular weight excluding hydrogens is 210 g/mol. The van der Waals surface area contributed by atoms with E-state index in [1.807, 2.05) is 47.0 Å². The van der Waals surface area contributed by atoms with Gasteiger partial charge in [-0.2, -0.15) is 0 Å². The Kier molecular flexibility index (Phi) is 2.38. The second-order valence-electron chi connectivity index (χ2n) is 3.94. The lowest BCUT2D eigenvalue weighted by atomic mass is 10.2. The van der Waals surface area contributed by atoms with E-state index >= 15 is 0 Å². The third-order valence-corrected chi connectivity index (χ3v) is 2.86. The predicted octanol–water partition coefficient (Wildman–Crippen LogP) is 2.46. The van der Waals surface area contributed by atoms with Gasteiger partial charge in [0.1, 0.15) is 5.65 Å². The first-order valence-corrected chi connectivity index (χ1v) is 5.61. The highest BCUT2D eigenvalue weighted by Gasteiger charge is 2.05. The van der Waals surface area contributed by atoms with E-state index in [0.29, 0.717) is 6.54 Å². The summed E-state index contributed by atoms with van der Waals surface area (Å²) in [4.78, 5) is 4.60. The van der Waals surface area contributed by atoms with Gasteiger partial charge in [-0.25, -0.2) is 4.98 Å². The van der Waals surface area contributed by atoms with Crippen molar-refractivity contribution < 1.29 is 0 Å². The molecule has 0 spiro atoms. The number of pyridine rings is 1. The van der Waals surface area contributed by atoms with Crippen molar-refractivity contribution in [3.63, 3.8) is 0 Å². The lowest BCUT2D eigenvalue weighted by molar-refractivity contribution is 0.946. The van der Waals surface area contributed by atoms with Crippen LogP contribution in [0.25, 0.3) is 16.9 Å².